The minimum atomic E-state index is -0.147. The van der Waals surface area contributed by atoms with Crippen LogP contribution in [-0.4, -0.2) is 55.5 Å². The van der Waals surface area contributed by atoms with Gasteiger partial charge in [-0.05, 0) is 56.6 Å². The third-order valence-corrected chi connectivity index (χ3v) is 6.54. The fourth-order valence-corrected chi connectivity index (χ4v) is 4.95. The lowest BCUT2D eigenvalue weighted by molar-refractivity contribution is -0.147. The summed E-state index contributed by atoms with van der Waals surface area (Å²) in [7, 11) is 0. The summed E-state index contributed by atoms with van der Waals surface area (Å²) in [5.41, 5.74) is 1.09. The number of ether oxygens (including phenoxy) is 1. The van der Waals surface area contributed by atoms with Crippen molar-refractivity contribution in [3.63, 3.8) is 0 Å². The Balaban J connectivity index is 1.34. The van der Waals surface area contributed by atoms with Crippen LogP contribution in [0.25, 0.3) is 0 Å². The molecule has 2 amide bonds. The lowest BCUT2D eigenvalue weighted by atomic mass is 9.87. The van der Waals surface area contributed by atoms with Crippen LogP contribution in [0.1, 0.15) is 50.2 Å². The number of nitrogens with zero attached hydrogens (tertiary/aromatic N) is 1. The van der Waals surface area contributed by atoms with E-state index in [1.54, 1.807) is 0 Å². The minimum absolute atomic E-state index is 0.0395. The van der Waals surface area contributed by atoms with Crippen LogP contribution in [0.2, 0.25) is 0 Å². The average molecular weight is 400 g/mol. The molecule has 3 heterocycles. The van der Waals surface area contributed by atoms with Crippen LogP contribution in [0.15, 0.2) is 30.3 Å². The highest BCUT2D eigenvalue weighted by atomic mass is 16.5. The zero-order chi connectivity index (χ0) is 20.1. The molecule has 0 aromatic heterocycles. The SMILES string of the molecule is O=C(NCC1CCCN(C(=O)C2CCCOC2c2ccccc2)C1)C1CCCN1. The van der Waals surface area contributed by atoms with Gasteiger partial charge in [0, 0.05) is 26.2 Å². The largest absolute Gasteiger partial charge is 0.373 e. The van der Waals surface area contributed by atoms with Gasteiger partial charge in [0.25, 0.3) is 0 Å². The second kappa shape index (κ2) is 9.72. The van der Waals surface area contributed by atoms with Crippen molar-refractivity contribution in [1.82, 2.24) is 15.5 Å². The van der Waals surface area contributed by atoms with Crippen LogP contribution in [-0.2, 0) is 14.3 Å². The van der Waals surface area contributed by atoms with Crippen molar-refractivity contribution in [2.24, 2.45) is 11.8 Å². The monoisotopic (exact) mass is 399 g/mol. The summed E-state index contributed by atoms with van der Waals surface area (Å²) in [4.78, 5) is 27.7. The molecule has 1 aromatic carbocycles. The van der Waals surface area contributed by atoms with Gasteiger partial charge >= 0.3 is 0 Å². The molecule has 3 saturated heterocycles. The van der Waals surface area contributed by atoms with Crippen LogP contribution < -0.4 is 10.6 Å². The van der Waals surface area contributed by atoms with Gasteiger partial charge in [-0.25, -0.2) is 0 Å². The fraction of sp³-hybridized carbons (Fsp3) is 0.652. The van der Waals surface area contributed by atoms with Crippen molar-refractivity contribution in [2.45, 2.75) is 50.7 Å². The normalized spacial score (nSPS) is 30.1. The number of rotatable bonds is 5. The highest BCUT2D eigenvalue weighted by Gasteiger charge is 2.37. The van der Waals surface area contributed by atoms with E-state index < -0.39 is 0 Å². The number of hydrogen-bond donors (Lipinski definition) is 2. The molecule has 3 aliphatic rings. The number of hydrogen-bond acceptors (Lipinski definition) is 4. The Kier molecular flexibility index (Phi) is 6.82. The zero-order valence-electron chi connectivity index (χ0n) is 17.1. The molecule has 0 aliphatic carbocycles. The molecule has 4 atom stereocenters. The maximum absolute atomic E-state index is 13.4. The average Bonchev–Trinajstić information content (AvgIpc) is 3.33. The molecule has 6 nitrogen and oxygen atoms in total. The Bertz CT molecular complexity index is 690. The molecule has 0 bridgehead atoms. The molecule has 158 valence electrons. The minimum Gasteiger partial charge on any atom is -0.373 e. The number of piperidine rings is 1. The van der Waals surface area contributed by atoms with E-state index in [0.717, 1.165) is 63.7 Å². The number of carbonyl (C=O) groups is 2. The van der Waals surface area contributed by atoms with E-state index in [9.17, 15) is 9.59 Å². The van der Waals surface area contributed by atoms with Gasteiger partial charge in [-0.2, -0.15) is 0 Å². The number of amides is 2. The van der Waals surface area contributed by atoms with Crippen molar-refractivity contribution in [2.75, 3.05) is 32.8 Å². The standard InChI is InChI=1S/C23H33N3O3/c27-22(20-11-4-12-24-20)25-15-17-7-5-13-26(16-17)23(28)19-10-6-14-29-21(19)18-8-2-1-3-9-18/h1-3,8-9,17,19-21,24H,4-7,10-16H2,(H,25,27). The third kappa shape index (κ3) is 4.98. The van der Waals surface area contributed by atoms with Crippen LogP contribution in [0, 0.1) is 11.8 Å². The van der Waals surface area contributed by atoms with Crippen LogP contribution >= 0.6 is 0 Å². The number of nitrogens with one attached hydrogen (secondary N) is 2. The van der Waals surface area contributed by atoms with Crippen LogP contribution in [0.3, 0.4) is 0 Å². The van der Waals surface area contributed by atoms with E-state index in [4.69, 9.17) is 4.74 Å². The Labute approximate surface area is 173 Å². The molecule has 0 saturated carbocycles. The molecule has 1 aromatic rings. The van der Waals surface area contributed by atoms with Gasteiger partial charge < -0.3 is 20.3 Å². The van der Waals surface area contributed by atoms with Gasteiger partial charge in [-0.3, -0.25) is 9.59 Å². The predicted molar refractivity (Wildman–Crippen MR) is 111 cm³/mol. The molecule has 4 unspecified atom stereocenters. The summed E-state index contributed by atoms with van der Waals surface area (Å²) < 4.78 is 6.04. The van der Waals surface area contributed by atoms with Gasteiger partial charge in [-0.15, -0.1) is 0 Å². The zero-order valence-corrected chi connectivity index (χ0v) is 17.1. The van der Waals surface area contributed by atoms with E-state index in [1.807, 2.05) is 23.1 Å². The first-order valence-corrected chi connectivity index (χ1v) is 11.2. The molecule has 0 radical (unpaired) electrons. The number of carbonyl (C=O) groups excluding carboxylic acids is 2. The van der Waals surface area contributed by atoms with E-state index in [1.165, 1.54) is 0 Å². The summed E-state index contributed by atoms with van der Waals surface area (Å²) in [6.07, 6.45) is 5.71. The fourth-order valence-electron chi connectivity index (χ4n) is 4.95. The van der Waals surface area contributed by atoms with Gasteiger partial charge in [0.2, 0.25) is 11.8 Å². The van der Waals surface area contributed by atoms with Crippen LogP contribution in [0.5, 0.6) is 0 Å². The molecular weight excluding hydrogens is 366 g/mol. The molecule has 6 heteroatoms. The van der Waals surface area contributed by atoms with E-state index >= 15 is 0 Å². The van der Waals surface area contributed by atoms with E-state index in [-0.39, 0.29) is 29.9 Å². The van der Waals surface area contributed by atoms with E-state index in [2.05, 4.69) is 22.8 Å². The lowest BCUT2D eigenvalue weighted by Gasteiger charge is -2.38. The van der Waals surface area contributed by atoms with Gasteiger partial charge in [0.05, 0.1) is 18.1 Å². The van der Waals surface area contributed by atoms with Crippen molar-refractivity contribution >= 4 is 11.8 Å². The maximum Gasteiger partial charge on any atom is 0.237 e. The summed E-state index contributed by atoms with van der Waals surface area (Å²) in [5, 5.41) is 6.35. The van der Waals surface area contributed by atoms with Crippen molar-refractivity contribution in [1.29, 1.82) is 0 Å². The molecule has 3 fully saturated rings. The highest BCUT2D eigenvalue weighted by molar-refractivity contribution is 5.82. The smallest absolute Gasteiger partial charge is 0.237 e. The first-order chi connectivity index (χ1) is 14.2. The first kappa shape index (κ1) is 20.4. The summed E-state index contributed by atoms with van der Waals surface area (Å²) in [6.45, 7) is 3.84. The van der Waals surface area contributed by atoms with Gasteiger partial charge in [0.1, 0.15) is 0 Å². The third-order valence-electron chi connectivity index (χ3n) is 6.54. The lowest BCUT2D eigenvalue weighted by Crippen LogP contribution is -2.49. The Morgan fingerprint density at radius 1 is 1.10 bits per heavy atom. The molecule has 29 heavy (non-hydrogen) atoms. The maximum atomic E-state index is 13.4. The number of likely N-dealkylation sites (tertiary alicyclic amines) is 1. The quantitative estimate of drug-likeness (QED) is 0.797. The van der Waals surface area contributed by atoms with Gasteiger partial charge in [0.15, 0.2) is 0 Å². The summed E-state index contributed by atoms with van der Waals surface area (Å²) in [6, 6.07) is 10.1. The first-order valence-electron chi connectivity index (χ1n) is 11.2. The van der Waals surface area contributed by atoms with Crippen molar-refractivity contribution in [3.05, 3.63) is 35.9 Å². The van der Waals surface area contributed by atoms with E-state index in [0.29, 0.717) is 19.1 Å². The molecule has 3 aliphatic heterocycles. The number of benzene rings is 1. The topological polar surface area (TPSA) is 70.7 Å². The Hall–Kier alpha value is -1.92. The van der Waals surface area contributed by atoms with Crippen molar-refractivity contribution < 1.29 is 14.3 Å². The molecule has 4 rings (SSSR count). The molecule has 2 N–H and O–H groups in total. The van der Waals surface area contributed by atoms with Crippen LogP contribution in [0.4, 0.5) is 0 Å². The molecular formula is C23H33N3O3. The second-order valence-electron chi connectivity index (χ2n) is 8.64. The highest BCUT2D eigenvalue weighted by Crippen LogP contribution is 2.35. The summed E-state index contributed by atoms with van der Waals surface area (Å²) in [5.74, 6) is 0.544. The summed E-state index contributed by atoms with van der Waals surface area (Å²) >= 11 is 0. The second-order valence-corrected chi connectivity index (χ2v) is 8.64. The van der Waals surface area contributed by atoms with Crippen molar-refractivity contribution in [3.8, 4) is 0 Å². The Morgan fingerprint density at radius 2 is 1.97 bits per heavy atom. The van der Waals surface area contributed by atoms with Gasteiger partial charge in [-0.1, -0.05) is 30.3 Å². The Morgan fingerprint density at radius 3 is 2.76 bits per heavy atom. The predicted octanol–water partition coefficient (Wildman–Crippen LogP) is 2.26. The molecule has 0 spiro atoms.